The van der Waals surface area contributed by atoms with Crippen LogP contribution in [0.2, 0.25) is 0 Å². The number of nitrogens with zero attached hydrogens (tertiary/aromatic N) is 1. The maximum Gasteiger partial charge on any atom is 0.129 e. The molecule has 1 rings (SSSR count). The van der Waals surface area contributed by atoms with Gasteiger partial charge in [0.05, 0.1) is 6.10 Å². The summed E-state index contributed by atoms with van der Waals surface area (Å²) < 4.78 is 13.7. The van der Waals surface area contributed by atoms with Gasteiger partial charge >= 0.3 is 0 Å². The van der Waals surface area contributed by atoms with Crippen molar-refractivity contribution in [2.24, 2.45) is 11.3 Å². The second-order valence-electron chi connectivity index (χ2n) is 6.93. The molecule has 3 unspecified atom stereocenters. The molecule has 114 valence electrons. The van der Waals surface area contributed by atoms with E-state index in [1.54, 1.807) is 18.2 Å². The van der Waals surface area contributed by atoms with Gasteiger partial charge in [0, 0.05) is 18.2 Å². The van der Waals surface area contributed by atoms with Crippen LogP contribution in [0, 0.1) is 17.2 Å². The molecule has 0 amide bonds. The topological polar surface area (TPSA) is 23.5 Å². The van der Waals surface area contributed by atoms with E-state index in [0.717, 1.165) is 6.54 Å². The zero-order valence-electron chi connectivity index (χ0n) is 13.5. The van der Waals surface area contributed by atoms with Gasteiger partial charge in [-0.1, -0.05) is 45.9 Å². The van der Waals surface area contributed by atoms with Crippen molar-refractivity contribution in [1.82, 2.24) is 4.90 Å². The Kier molecular flexibility index (Phi) is 5.72. The van der Waals surface area contributed by atoms with Gasteiger partial charge in [0.15, 0.2) is 0 Å². The van der Waals surface area contributed by atoms with Gasteiger partial charge in [-0.25, -0.2) is 4.39 Å². The fraction of sp³-hybridized carbons (Fsp3) is 0.647. The van der Waals surface area contributed by atoms with Crippen molar-refractivity contribution in [3.8, 4) is 0 Å². The zero-order valence-corrected chi connectivity index (χ0v) is 13.5. The summed E-state index contributed by atoms with van der Waals surface area (Å²) in [7, 11) is 2.06. The second kappa shape index (κ2) is 6.68. The molecule has 0 bridgehead atoms. The maximum absolute atomic E-state index is 13.7. The third-order valence-electron chi connectivity index (χ3n) is 4.25. The van der Waals surface area contributed by atoms with Gasteiger partial charge in [-0.3, -0.25) is 0 Å². The Morgan fingerprint density at radius 1 is 1.20 bits per heavy atom. The van der Waals surface area contributed by atoms with Crippen LogP contribution >= 0.6 is 0 Å². The van der Waals surface area contributed by atoms with Crippen LogP contribution in [-0.4, -0.2) is 29.6 Å². The van der Waals surface area contributed by atoms with E-state index in [2.05, 4.69) is 39.6 Å². The van der Waals surface area contributed by atoms with Crippen molar-refractivity contribution in [2.45, 2.75) is 46.8 Å². The van der Waals surface area contributed by atoms with Gasteiger partial charge in [0.2, 0.25) is 0 Å². The van der Waals surface area contributed by atoms with Crippen LogP contribution < -0.4 is 0 Å². The number of halogens is 1. The van der Waals surface area contributed by atoms with Gasteiger partial charge in [-0.15, -0.1) is 0 Å². The maximum atomic E-state index is 13.7. The lowest BCUT2D eigenvalue weighted by Crippen LogP contribution is -2.42. The van der Waals surface area contributed by atoms with Crippen LogP contribution in [0.1, 0.15) is 46.3 Å². The average Bonchev–Trinajstić information content (AvgIpc) is 2.36. The molecular weight excluding hydrogens is 253 g/mol. The lowest BCUT2D eigenvalue weighted by atomic mass is 9.86. The van der Waals surface area contributed by atoms with Crippen LogP contribution in [0.15, 0.2) is 24.3 Å². The molecule has 1 aromatic rings. The van der Waals surface area contributed by atoms with Crippen LogP contribution in [0.4, 0.5) is 4.39 Å². The van der Waals surface area contributed by atoms with Crippen molar-refractivity contribution in [1.29, 1.82) is 0 Å². The zero-order chi connectivity index (χ0) is 15.5. The van der Waals surface area contributed by atoms with Gasteiger partial charge in [0.1, 0.15) is 5.82 Å². The molecule has 0 aromatic heterocycles. The van der Waals surface area contributed by atoms with E-state index >= 15 is 0 Å². The van der Waals surface area contributed by atoms with Crippen molar-refractivity contribution in [2.75, 3.05) is 13.6 Å². The summed E-state index contributed by atoms with van der Waals surface area (Å²) in [6, 6.07) is 6.84. The van der Waals surface area contributed by atoms with E-state index in [-0.39, 0.29) is 17.2 Å². The highest BCUT2D eigenvalue weighted by Gasteiger charge is 2.27. The van der Waals surface area contributed by atoms with Crippen LogP contribution in [0.25, 0.3) is 0 Å². The van der Waals surface area contributed by atoms with E-state index in [9.17, 15) is 9.50 Å². The first kappa shape index (κ1) is 17.1. The standard InChI is InChI=1S/C17H28FNO/c1-12(11-19(6)13(2)17(3,4)5)16(20)14-9-7-8-10-15(14)18/h7-10,12-13,16,20H,11H2,1-6H3. The number of hydrogen-bond donors (Lipinski definition) is 1. The summed E-state index contributed by atoms with van der Waals surface area (Å²) in [6.45, 7) is 11.5. The van der Waals surface area contributed by atoms with Gasteiger partial charge in [-0.05, 0) is 31.4 Å². The molecule has 3 heteroatoms. The molecule has 20 heavy (non-hydrogen) atoms. The Morgan fingerprint density at radius 3 is 2.25 bits per heavy atom. The number of benzene rings is 1. The molecule has 0 saturated carbocycles. The Labute approximate surface area is 122 Å². The number of aliphatic hydroxyl groups excluding tert-OH is 1. The predicted octanol–water partition coefficient (Wildman–Crippen LogP) is 3.86. The van der Waals surface area contributed by atoms with E-state index in [1.807, 2.05) is 6.92 Å². The second-order valence-corrected chi connectivity index (χ2v) is 6.93. The Balaban J connectivity index is 2.72. The summed E-state index contributed by atoms with van der Waals surface area (Å²) >= 11 is 0. The number of hydrogen-bond acceptors (Lipinski definition) is 2. The quantitative estimate of drug-likeness (QED) is 0.886. The third kappa shape index (κ3) is 4.29. The molecule has 0 radical (unpaired) electrons. The summed E-state index contributed by atoms with van der Waals surface area (Å²) in [6.07, 6.45) is -0.772. The van der Waals surface area contributed by atoms with E-state index < -0.39 is 6.10 Å². The molecule has 1 N–H and O–H groups in total. The Morgan fingerprint density at radius 2 is 1.75 bits per heavy atom. The lowest BCUT2D eigenvalue weighted by Gasteiger charge is -2.37. The molecule has 0 spiro atoms. The van der Waals surface area contributed by atoms with Crippen molar-refractivity contribution in [3.05, 3.63) is 35.6 Å². The highest BCUT2D eigenvalue weighted by Crippen LogP contribution is 2.28. The molecular formula is C17H28FNO. The molecule has 0 saturated heterocycles. The highest BCUT2D eigenvalue weighted by atomic mass is 19.1. The summed E-state index contributed by atoms with van der Waals surface area (Å²) in [5, 5.41) is 10.3. The minimum atomic E-state index is -0.772. The molecule has 0 heterocycles. The normalized spacial score (nSPS) is 17.1. The van der Waals surface area contributed by atoms with E-state index in [1.165, 1.54) is 6.07 Å². The highest BCUT2D eigenvalue weighted by molar-refractivity contribution is 5.20. The first-order chi connectivity index (χ1) is 9.14. The Bertz CT molecular complexity index is 427. The van der Waals surface area contributed by atoms with Crippen LogP contribution in [-0.2, 0) is 0 Å². The van der Waals surface area contributed by atoms with Gasteiger partial charge in [0.25, 0.3) is 0 Å². The van der Waals surface area contributed by atoms with E-state index in [4.69, 9.17) is 0 Å². The number of rotatable bonds is 5. The first-order valence-electron chi connectivity index (χ1n) is 7.27. The van der Waals surface area contributed by atoms with Gasteiger partial charge < -0.3 is 10.0 Å². The average molecular weight is 281 g/mol. The molecule has 0 aliphatic carbocycles. The Hall–Kier alpha value is -0.930. The van der Waals surface area contributed by atoms with Crippen LogP contribution in [0.3, 0.4) is 0 Å². The summed E-state index contributed by atoms with van der Waals surface area (Å²) in [4.78, 5) is 2.23. The molecule has 0 aliphatic heterocycles. The third-order valence-corrected chi connectivity index (χ3v) is 4.25. The van der Waals surface area contributed by atoms with E-state index in [0.29, 0.717) is 11.6 Å². The molecule has 0 aliphatic rings. The summed E-state index contributed by atoms with van der Waals surface area (Å²) in [5.41, 5.74) is 0.564. The molecule has 3 atom stereocenters. The van der Waals surface area contributed by atoms with Crippen molar-refractivity contribution >= 4 is 0 Å². The molecule has 0 fully saturated rings. The lowest BCUT2D eigenvalue weighted by molar-refractivity contribution is 0.0614. The first-order valence-corrected chi connectivity index (χ1v) is 7.27. The minimum absolute atomic E-state index is 0.0262. The minimum Gasteiger partial charge on any atom is -0.388 e. The smallest absolute Gasteiger partial charge is 0.129 e. The van der Waals surface area contributed by atoms with Gasteiger partial charge in [-0.2, -0.15) is 0 Å². The summed E-state index contributed by atoms with van der Waals surface area (Å²) in [5.74, 6) is -0.361. The molecule has 2 nitrogen and oxygen atoms in total. The number of aliphatic hydroxyl groups is 1. The van der Waals surface area contributed by atoms with Crippen LogP contribution in [0.5, 0.6) is 0 Å². The monoisotopic (exact) mass is 281 g/mol. The fourth-order valence-electron chi connectivity index (χ4n) is 2.39. The molecule has 1 aromatic carbocycles. The van der Waals surface area contributed by atoms with Crippen molar-refractivity contribution < 1.29 is 9.50 Å². The predicted molar refractivity (Wildman–Crippen MR) is 82.1 cm³/mol. The largest absolute Gasteiger partial charge is 0.388 e. The van der Waals surface area contributed by atoms with Crippen molar-refractivity contribution in [3.63, 3.8) is 0 Å². The fourth-order valence-corrected chi connectivity index (χ4v) is 2.39. The SMILES string of the molecule is CC(CN(C)C(C)C(C)(C)C)C(O)c1ccccc1F.